The summed E-state index contributed by atoms with van der Waals surface area (Å²) < 4.78 is 257. The van der Waals surface area contributed by atoms with Crippen LogP contribution < -0.4 is 58.5 Å². The number of phenols is 1. The summed E-state index contributed by atoms with van der Waals surface area (Å²) in [4.78, 5) is 32.2. The molecule has 0 aromatic heterocycles. The van der Waals surface area contributed by atoms with E-state index in [-0.39, 0.29) is 89.2 Å². The topological polar surface area (TPSA) is 235 Å². The fourth-order valence-corrected chi connectivity index (χ4v) is 13.9. The maximum atomic E-state index is 12.8. The summed E-state index contributed by atoms with van der Waals surface area (Å²) in [7, 11) is 0. The van der Waals surface area contributed by atoms with Crippen molar-refractivity contribution in [3.8, 4) is 63.2 Å². The van der Waals surface area contributed by atoms with Gasteiger partial charge in [-0.15, -0.1) is 0 Å². The average molecular weight is 2440 g/mol. The summed E-state index contributed by atoms with van der Waals surface area (Å²) in [5.74, 6) is 3.34. The van der Waals surface area contributed by atoms with Gasteiger partial charge in [0.05, 0.1) is 33.4 Å². The second-order valence-electron chi connectivity index (χ2n) is 30.8. The van der Waals surface area contributed by atoms with Gasteiger partial charge in [0.15, 0.2) is 27.9 Å². The van der Waals surface area contributed by atoms with E-state index >= 15 is 0 Å². The predicted octanol–water partition coefficient (Wildman–Crippen LogP) is 31.5. The van der Waals surface area contributed by atoms with E-state index in [1.165, 1.54) is 66.7 Å². The number of halogens is 25. The molecule has 2 unspecified atom stereocenters. The molecule has 147 heavy (non-hydrogen) atoms. The number of phenolic OH excluding ortho intramolecular Hbond substituents is 1. The van der Waals surface area contributed by atoms with E-state index in [9.17, 15) is 84.1 Å². The van der Waals surface area contributed by atoms with Crippen molar-refractivity contribution in [3.63, 3.8) is 0 Å². The molecule has 0 amide bonds. The molecule has 0 spiro atoms. The molecule has 774 valence electrons. The summed E-state index contributed by atoms with van der Waals surface area (Å²) in [6.07, 6.45) is -22.1. The minimum Gasteiger partial charge on any atom is -0.662 e. The van der Waals surface area contributed by atoms with Crippen molar-refractivity contribution in [2.45, 2.75) is 129 Å². The predicted molar refractivity (Wildman–Crippen MR) is 535 cm³/mol. The van der Waals surface area contributed by atoms with E-state index in [0.29, 0.717) is 87.4 Å². The van der Waals surface area contributed by atoms with Gasteiger partial charge >= 0.3 is 66.6 Å². The van der Waals surface area contributed by atoms with Crippen LogP contribution in [0, 0.1) is 45.1 Å². The number of benzene rings is 12. The van der Waals surface area contributed by atoms with Gasteiger partial charge in [-0.2, -0.15) is 79.0 Å². The van der Waals surface area contributed by atoms with Crippen LogP contribution in [0.4, 0.5) is 79.0 Å². The fourth-order valence-electron chi connectivity index (χ4n) is 12.4. The smallest absolute Gasteiger partial charge is 0.662 e. The second kappa shape index (κ2) is 56.7. The maximum Gasteiger partial charge on any atom is 1.00 e. The van der Waals surface area contributed by atoms with E-state index in [1.54, 1.807) is 54.6 Å². The Morgan fingerprint density at radius 2 is 0.612 bits per heavy atom. The Balaban J connectivity index is 0.000000232. The van der Waals surface area contributed by atoms with E-state index in [0.717, 1.165) is 140 Å². The van der Waals surface area contributed by atoms with Crippen LogP contribution in [-0.4, -0.2) is 40.4 Å². The average Bonchev–Trinajstić information content (AvgIpc) is 1.66. The summed E-state index contributed by atoms with van der Waals surface area (Å²) in [6, 6.07) is 61.7. The van der Waals surface area contributed by atoms with Gasteiger partial charge in [0, 0.05) is 29.3 Å². The Bertz CT molecular complexity index is 6110. The van der Waals surface area contributed by atoms with Crippen LogP contribution in [0.1, 0.15) is 150 Å². The zero-order valence-electron chi connectivity index (χ0n) is 77.5. The molecule has 0 aliphatic carbocycles. The maximum absolute atomic E-state index is 12.8. The molecule has 0 fully saturated rings. The van der Waals surface area contributed by atoms with Gasteiger partial charge < -0.3 is 63.5 Å². The molecule has 0 bridgehead atoms. The molecule has 45 heteroatoms. The SMILES string of the molecule is C=Cc1ccc(C)c(O)c1.C=Cc1ccc(C)c(Oc2cccc(C(F)(F)F)c2)c1.Cc1ccc(C2CC(Br)=NO2)cc1Oc1cccc(C(F)(F)F)c1.Cc1ccc(C2CC(Cl)=NO2)cc1Oc1cccc(C(F)(F)F)c1.Cc1ccc([C@@H]2CC(Cl)=NO2)cc1Oc1cccc(C(F)(F)F)c1.Cc1ccc([C@H]2CC(Cl)=NO2)cc1Oc1cccc(C(F)(F)F)c1.FC(F)(F)c1cccc(I)c1.O=CO[O-].ON=C(Br)Br.[Na+]. The number of carbonyl (C=O) groups excluding carboxylic acids is 1. The molecule has 16 rings (SSSR count). The van der Waals surface area contributed by atoms with Crippen molar-refractivity contribution in [2.24, 2.45) is 25.8 Å². The van der Waals surface area contributed by atoms with Gasteiger partial charge in [-0.05, 0) is 324 Å². The van der Waals surface area contributed by atoms with E-state index in [1.807, 2.05) is 137 Å². The summed E-state index contributed by atoms with van der Waals surface area (Å²) in [5, 5.41) is 43.9. The summed E-state index contributed by atoms with van der Waals surface area (Å²) in [6.45, 7) is 18.0. The first-order chi connectivity index (χ1) is 68.6. The van der Waals surface area contributed by atoms with Gasteiger partial charge in [-0.25, -0.2) is 0 Å². The minimum atomic E-state index is -4.41. The molecule has 19 nitrogen and oxygen atoms in total. The molecule has 4 atom stereocenters. The van der Waals surface area contributed by atoms with Crippen LogP contribution in [0.15, 0.2) is 294 Å². The van der Waals surface area contributed by atoms with Crippen LogP contribution in [-0.2, 0) is 66.1 Å². The zero-order valence-corrected chi connectivity index (χ0v) is 88.7. The first-order valence-corrected chi connectivity index (χ1v) is 46.7. The van der Waals surface area contributed by atoms with Crippen LogP contribution in [0.3, 0.4) is 0 Å². The second-order valence-corrected chi connectivity index (χ2v) is 36.9. The third kappa shape index (κ3) is 40.5. The number of carbonyl (C=O) groups is 1. The van der Waals surface area contributed by atoms with Crippen molar-refractivity contribution >= 4 is 147 Å². The molecule has 4 aliphatic rings. The summed E-state index contributed by atoms with van der Waals surface area (Å²) >= 11 is 28.1. The van der Waals surface area contributed by atoms with Crippen molar-refractivity contribution in [1.82, 2.24) is 0 Å². The Labute approximate surface area is 906 Å². The molecule has 2 N–H and O–H groups in total. The number of aromatic hydroxyl groups is 1. The van der Waals surface area contributed by atoms with Gasteiger partial charge in [-0.3, -0.25) is 4.79 Å². The Morgan fingerprint density at radius 1 is 0.381 bits per heavy atom. The quantitative estimate of drug-likeness (QED) is 0.0126. The molecule has 4 heterocycles. The van der Waals surface area contributed by atoms with Gasteiger partial charge in [0.2, 0.25) is 0 Å². The molecule has 4 aliphatic heterocycles. The first kappa shape index (κ1) is 122. The van der Waals surface area contributed by atoms with Gasteiger partial charge in [0.25, 0.3) is 6.47 Å². The monoisotopic (exact) mass is 2430 g/mol. The largest absolute Gasteiger partial charge is 1.00 e. The van der Waals surface area contributed by atoms with Crippen LogP contribution >= 0.6 is 105 Å². The van der Waals surface area contributed by atoms with E-state index in [4.69, 9.17) is 93.1 Å². The fraction of sp³-hybridized carbons (Fsp3) is 0.196. The standard InChI is InChI=1S/C17H13BrF3NO2.3C17H13ClF3NO2.C16H13F3O.C9H10O.C7H4F3I.CHBr2NO.CH2O3.Na/c4*1-10-5-6-11(15-9-16(18)22-24-15)7-14(10)23-13-4-2-3-12(8-13)17(19,20)21;1-3-12-8-7-11(2)15(9-12)20-14-6-4-5-13(10-14)16(17,18)19;1-3-8-5-4-7(2)9(10)6-8;8-7(9,10)5-2-1-3-6(11)4-5;2-1(3)4-5;2-1-4-3;/h4*2-8,15H,9H2,1H3;3-10H,1H2,2H3;3-6,10H,1H2,2H3;1-4H;5H;1,3H;/q;;;;;;;;;+1/p-1/t;2*15-;;;;;;;/m.10......./s1. The third-order valence-electron chi connectivity index (χ3n) is 20.0. The van der Waals surface area contributed by atoms with E-state index < -0.39 is 70.4 Å². The van der Waals surface area contributed by atoms with E-state index in [2.05, 4.69) is 91.6 Å². The molecule has 12 aromatic rings. The molecular weight excluding hydrogens is 2360 g/mol. The minimum absolute atomic E-state index is 0. The molecule has 0 saturated heterocycles. The molecule has 0 saturated carbocycles. The van der Waals surface area contributed by atoms with Crippen molar-refractivity contribution < 1.29 is 177 Å². The van der Waals surface area contributed by atoms with Crippen molar-refractivity contribution in [1.29, 1.82) is 0 Å². The number of rotatable bonds is 17. The Hall–Kier alpha value is -11.5. The van der Waals surface area contributed by atoms with Crippen LogP contribution in [0.25, 0.3) is 12.2 Å². The number of ether oxygens (including phenoxy) is 5. The summed E-state index contributed by atoms with van der Waals surface area (Å²) in [5.41, 5.74) is 5.61. The van der Waals surface area contributed by atoms with Crippen molar-refractivity contribution in [3.05, 3.63) is 372 Å². The number of aryl methyl sites for hydroxylation is 6. The van der Waals surface area contributed by atoms with Crippen LogP contribution in [0.2, 0.25) is 0 Å². The normalized spacial score (nSPS) is 14.7. The number of nitrogens with zero attached hydrogens (tertiary/aromatic N) is 5. The van der Waals surface area contributed by atoms with Gasteiger partial charge in [-0.1, -0.05) is 195 Å². The molecule has 0 radical (unpaired) electrons. The number of hydrogen-bond donors (Lipinski definition) is 2. The number of alkyl halides is 18. The number of hydrogen-bond acceptors (Lipinski definition) is 19. The Morgan fingerprint density at radius 3 is 0.823 bits per heavy atom. The first-order valence-electron chi connectivity index (χ1n) is 42.1. The third-order valence-corrected chi connectivity index (χ3v) is 22.1. The van der Waals surface area contributed by atoms with Crippen molar-refractivity contribution in [2.75, 3.05) is 0 Å². The molecular formula is C102H81Br3Cl3F18IN5NaO14. The van der Waals surface area contributed by atoms with Gasteiger partial charge in [0.1, 0.15) is 83.4 Å². The van der Waals surface area contributed by atoms with Crippen LogP contribution in [0.5, 0.6) is 63.2 Å². The number of oxime groups is 5. The molecule has 12 aromatic carbocycles. The Kier molecular flexibility index (Phi) is 47.3. The zero-order chi connectivity index (χ0) is 108.